The molecule has 17 heavy (non-hydrogen) atoms. The molecule has 0 heterocycles. The quantitative estimate of drug-likeness (QED) is 0.807. The van der Waals surface area contributed by atoms with Gasteiger partial charge in [0.2, 0.25) is 0 Å². The topological polar surface area (TPSA) is 12.0 Å². The van der Waals surface area contributed by atoms with Crippen molar-refractivity contribution in [1.29, 1.82) is 0 Å². The Hall–Kier alpha value is -0.760. The van der Waals surface area contributed by atoms with Crippen LogP contribution in [0.1, 0.15) is 33.1 Å². The van der Waals surface area contributed by atoms with Crippen molar-refractivity contribution in [3.8, 4) is 0 Å². The molecule has 0 aromatic heterocycles. The third kappa shape index (κ3) is 3.12. The largest absolute Gasteiger partial charge is 0.380 e. The SMILES string of the molecule is CC1CCC(Nc2cc(Cl)ccc2F)CC1C. The zero-order chi connectivity index (χ0) is 12.4. The smallest absolute Gasteiger partial charge is 0.146 e. The molecule has 1 saturated carbocycles. The average molecular weight is 256 g/mol. The van der Waals surface area contributed by atoms with Crippen LogP contribution in [0.2, 0.25) is 5.02 Å². The second kappa shape index (κ2) is 5.26. The highest BCUT2D eigenvalue weighted by Gasteiger charge is 2.24. The molecule has 2 rings (SSSR count). The summed E-state index contributed by atoms with van der Waals surface area (Å²) in [4.78, 5) is 0. The van der Waals surface area contributed by atoms with Crippen molar-refractivity contribution >= 4 is 17.3 Å². The molecular formula is C14H19ClFN. The van der Waals surface area contributed by atoms with Gasteiger partial charge in [-0.2, -0.15) is 0 Å². The van der Waals surface area contributed by atoms with Crippen LogP contribution in [0.25, 0.3) is 0 Å². The molecule has 3 heteroatoms. The van der Waals surface area contributed by atoms with E-state index in [1.807, 2.05) is 0 Å². The fourth-order valence-corrected chi connectivity index (χ4v) is 2.68. The van der Waals surface area contributed by atoms with Crippen LogP contribution in [0.3, 0.4) is 0 Å². The Morgan fingerprint density at radius 2 is 2.00 bits per heavy atom. The summed E-state index contributed by atoms with van der Waals surface area (Å²) < 4.78 is 13.6. The summed E-state index contributed by atoms with van der Waals surface area (Å²) in [5, 5.41) is 3.86. The van der Waals surface area contributed by atoms with Gasteiger partial charge in [0.25, 0.3) is 0 Å². The molecule has 0 aliphatic heterocycles. The van der Waals surface area contributed by atoms with Crippen molar-refractivity contribution in [3.63, 3.8) is 0 Å². The molecule has 0 radical (unpaired) electrons. The van der Waals surface area contributed by atoms with E-state index in [9.17, 15) is 4.39 Å². The summed E-state index contributed by atoms with van der Waals surface area (Å²) in [5.41, 5.74) is 0.532. The number of benzene rings is 1. The molecule has 1 aromatic carbocycles. The molecule has 0 saturated heterocycles. The first-order valence-corrected chi connectivity index (χ1v) is 6.65. The van der Waals surface area contributed by atoms with E-state index >= 15 is 0 Å². The summed E-state index contributed by atoms with van der Waals surface area (Å²) >= 11 is 5.88. The number of anilines is 1. The third-order valence-electron chi connectivity index (χ3n) is 3.89. The fourth-order valence-electron chi connectivity index (χ4n) is 2.51. The van der Waals surface area contributed by atoms with Crippen LogP contribution in [-0.4, -0.2) is 6.04 Å². The lowest BCUT2D eigenvalue weighted by Gasteiger charge is -2.33. The maximum atomic E-state index is 13.6. The summed E-state index contributed by atoms with van der Waals surface area (Å²) in [6.45, 7) is 4.56. The van der Waals surface area contributed by atoms with Crippen LogP contribution >= 0.6 is 11.6 Å². The summed E-state index contributed by atoms with van der Waals surface area (Å²) in [6.07, 6.45) is 3.42. The Morgan fingerprint density at radius 1 is 1.24 bits per heavy atom. The molecule has 3 unspecified atom stereocenters. The van der Waals surface area contributed by atoms with Crippen molar-refractivity contribution in [2.24, 2.45) is 11.8 Å². The lowest BCUT2D eigenvalue weighted by atomic mass is 9.79. The van der Waals surface area contributed by atoms with Crippen LogP contribution in [0.4, 0.5) is 10.1 Å². The molecule has 94 valence electrons. The van der Waals surface area contributed by atoms with Gasteiger partial charge in [0.05, 0.1) is 5.69 Å². The van der Waals surface area contributed by atoms with E-state index in [0.29, 0.717) is 22.7 Å². The van der Waals surface area contributed by atoms with E-state index in [2.05, 4.69) is 19.2 Å². The minimum atomic E-state index is -0.222. The number of rotatable bonds is 2. The molecule has 0 bridgehead atoms. The lowest BCUT2D eigenvalue weighted by molar-refractivity contribution is 0.260. The molecular weight excluding hydrogens is 237 g/mol. The van der Waals surface area contributed by atoms with Crippen LogP contribution in [0.15, 0.2) is 18.2 Å². The molecule has 1 aromatic rings. The van der Waals surface area contributed by atoms with E-state index in [0.717, 1.165) is 18.8 Å². The number of nitrogens with one attached hydrogen (secondary N) is 1. The first-order valence-electron chi connectivity index (χ1n) is 6.28. The standard InChI is InChI=1S/C14H19ClFN/c1-9-3-5-12(7-10(9)2)17-14-8-11(15)4-6-13(14)16/h4,6,8-10,12,17H,3,5,7H2,1-2H3. The van der Waals surface area contributed by atoms with Crippen LogP contribution < -0.4 is 5.32 Å². The van der Waals surface area contributed by atoms with Crippen molar-refractivity contribution < 1.29 is 4.39 Å². The van der Waals surface area contributed by atoms with Crippen LogP contribution in [0, 0.1) is 17.7 Å². The first kappa shape index (κ1) is 12.7. The van der Waals surface area contributed by atoms with Gasteiger partial charge in [-0.3, -0.25) is 0 Å². The minimum absolute atomic E-state index is 0.222. The van der Waals surface area contributed by atoms with Gasteiger partial charge in [0.1, 0.15) is 5.82 Å². The number of hydrogen-bond acceptors (Lipinski definition) is 1. The first-order chi connectivity index (χ1) is 8.06. The second-order valence-electron chi connectivity index (χ2n) is 5.23. The molecule has 0 spiro atoms. The Labute approximate surface area is 107 Å². The maximum absolute atomic E-state index is 13.6. The van der Waals surface area contributed by atoms with E-state index < -0.39 is 0 Å². The highest BCUT2D eigenvalue weighted by atomic mass is 35.5. The monoisotopic (exact) mass is 255 g/mol. The van der Waals surface area contributed by atoms with Crippen molar-refractivity contribution in [2.75, 3.05) is 5.32 Å². The Kier molecular flexibility index (Phi) is 3.93. The molecule has 1 fully saturated rings. The Balaban J connectivity index is 2.03. The molecule has 0 amide bonds. The number of hydrogen-bond donors (Lipinski definition) is 1. The third-order valence-corrected chi connectivity index (χ3v) is 4.12. The van der Waals surface area contributed by atoms with Gasteiger partial charge in [-0.15, -0.1) is 0 Å². The van der Waals surface area contributed by atoms with E-state index in [1.165, 1.54) is 12.5 Å². The highest BCUT2D eigenvalue weighted by molar-refractivity contribution is 6.30. The van der Waals surface area contributed by atoms with Gasteiger partial charge in [-0.05, 0) is 49.3 Å². The zero-order valence-electron chi connectivity index (χ0n) is 10.3. The predicted octanol–water partition coefficient (Wildman–Crippen LogP) is 4.72. The normalized spacial score (nSPS) is 29.1. The van der Waals surface area contributed by atoms with Crippen LogP contribution in [-0.2, 0) is 0 Å². The van der Waals surface area contributed by atoms with Gasteiger partial charge in [0.15, 0.2) is 0 Å². The van der Waals surface area contributed by atoms with Crippen molar-refractivity contribution in [3.05, 3.63) is 29.0 Å². The maximum Gasteiger partial charge on any atom is 0.146 e. The second-order valence-corrected chi connectivity index (χ2v) is 5.67. The summed E-state index contributed by atoms with van der Waals surface area (Å²) in [6, 6.07) is 5.03. The van der Waals surface area contributed by atoms with E-state index in [4.69, 9.17) is 11.6 Å². The minimum Gasteiger partial charge on any atom is -0.380 e. The van der Waals surface area contributed by atoms with Crippen molar-refractivity contribution in [1.82, 2.24) is 0 Å². The molecule has 1 aliphatic rings. The highest BCUT2D eigenvalue weighted by Crippen LogP contribution is 2.32. The fraction of sp³-hybridized carbons (Fsp3) is 0.571. The molecule has 1 aliphatic carbocycles. The van der Waals surface area contributed by atoms with Gasteiger partial charge in [-0.25, -0.2) is 4.39 Å². The lowest BCUT2D eigenvalue weighted by Crippen LogP contribution is -2.30. The van der Waals surface area contributed by atoms with Gasteiger partial charge >= 0.3 is 0 Å². The van der Waals surface area contributed by atoms with E-state index in [1.54, 1.807) is 12.1 Å². The van der Waals surface area contributed by atoms with E-state index in [-0.39, 0.29) is 5.82 Å². The van der Waals surface area contributed by atoms with Crippen molar-refractivity contribution in [2.45, 2.75) is 39.2 Å². The average Bonchev–Trinajstić information content (AvgIpc) is 2.29. The summed E-state index contributed by atoms with van der Waals surface area (Å²) in [7, 11) is 0. The molecule has 3 atom stereocenters. The van der Waals surface area contributed by atoms with Gasteiger partial charge in [-0.1, -0.05) is 25.4 Å². The van der Waals surface area contributed by atoms with Crippen LogP contribution in [0.5, 0.6) is 0 Å². The zero-order valence-corrected chi connectivity index (χ0v) is 11.1. The Bertz CT molecular complexity index is 394. The van der Waals surface area contributed by atoms with Gasteiger partial charge < -0.3 is 5.32 Å². The molecule has 1 nitrogen and oxygen atoms in total. The predicted molar refractivity (Wildman–Crippen MR) is 71.0 cm³/mol. The number of halogens is 2. The molecule has 1 N–H and O–H groups in total. The summed E-state index contributed by atoms with van der Waals surface area (Å²) in [5.74, 6) is 1.25. The Morgan fingerprint density at radius 3 is 2.71 bits per heavy atom. The van der Waals surface area contributed by atoms with Gasteiger partial charge in [0, 0.05) is 11.1 Å².